The van der Waals surface area contributed by atoms with Crippen LogP contribution in [0, 0.1) is 27.4 Å². The monoisotopic (exact) mass is 276 g/mol. The van der Waals surface area contributed by atoms with E-state index < -0.39 is 16.9 Å². The number of hydrogen-bond acceptors (Lipinski definition) is 6. The van der Waals surface area contributed by atoms with Gasteiger partial charge in [0.15, 0.2) is 0 Å². The van der Waals surface area contributed by atoms with Crippen molar-refractivity contribution in [3.05, 3.63) is 27.9 Å². The Bertz CT molecular complexity index is 610. The van der Waals surface area contributed by atoms with Gasteiger partial charge in [0, 0.05) is 18.8 Å². The number of hydrogen-bond donors (Lipinski definition) is 1. The predicted octanol–water partition coefficient (Wildman–Crippen LogP) is 1.16. The number of carboxylic acids is 1. The molecule has 1 fully saturated rings. The molecule has 2 unspecified atom stereocenters. The van der Waals surface area contributed by atoms with E-state index in [9.17, 15) is 20.0 Å². The van der Waals surface area contributed by atoms with Crippen molar-refractivity contribution in [1.29, 1.82) is 5.26 Å². The maximum absolute atomic E-state index is 11.3. The molecule has 1 aliphatic rings. The Morgan fingerprint density at radius 3 is 2.95 bits per heavy atom. The molecule has 8 heteroatoms. The van der Waals surface area contributed by atoms with Gasteiger partial charge >= 0.3 is 11.7 Å². The van der Waals surface area contributed by atoms with Crippen molar-refractivity contribution in [2.75, 3.05) is 11.4 Å². The first-order valence-electron chi connectivity index (χ1n) is 5.99. The highest BCUT2D eigenvalue weighted by atomic mass is 16.6. The van der Waals surface area contributed by atoms with Crippen LogP contribution in [0.2, 0.25) is 0 Å². The molecule has 1 aliphatic heterocycles. The summed E-state index contributed by atoms with van der Waals surface area (Å²) in [6.45, 7) is 2.17. The van der Waals surface area contributed by atoms with Crippen molar-refractivity contribution in [2.45, 2.75) is 19.4 Å². The van der Waals surface area contributed by atoms with Gasteiger partial charge in [-0.3, -0.25) is 10.1 Å². The normalized spacial score (nSPS) is 21.5. The molecule has 0 spiro atoms. The van der Waals surface area contributed by atoms with Crippen LogP contribution in [-0.4, -0.2) is 33.6 Å². The second-order valence-electron chi connectivity index (χ2n) is 4.68. The largest absolute Gasteiger partial charge is 0.480 e. The van der Waals surface area contributed by atoms with Crippen LogP contribution in [0.25, 0.3) is 0 Å². The van der Waals surface area contributed by atoms with Gasteiger partial charge in [-0.2, -0.15) is 5.26 Å². The Morgan fingerprint density at radius 2 is 2.40 bits per heavy atom. The molecule has 20 heavy (non-hydrogen) atoms. The first kappa shape index (κ1) is 13.7. The number of nitro groups is 1. The second kappa shape index (κ2) is 5.13. The predicted molar refractivity (Wildman–Crippen MR) is 68.2 cm³/mol. The number of aromatic nitrogens is 1. The summed E-state index contributed by atoms with van der Waals surface area (Å²) in [5.74, 6) is -1.15. The molecule has 1 aromatic heterocycles. The van der Waals surface area contributed by atoms with Crippen LogP contribution in [0.1, 0.15) is 18.9 Å². The van der Waals surface area contributed by atoms with Gasteiger partial charge in [0.25, 0.3) is 0 Å². The van der Waals surface area contributed by atoms with Crippen molar-refractivity contribution < 1.29 is 14.8 Å². The van der Waals surface area contributed by atoms with Gasteiger partial charge < -0.3 is 10.0 Å². The van der Waals surface area contributed by atoms with Crippen molar-refractivity contribution >= 4 is 17.5 Å². The molecular formula is C12H12N4O4. The van der Waals surface area contributed by atoms with Gasteiger partial charge in [-0.15, -0.1) is 0 Å². The lowest BCUT2D eigenvalue weighted by Crippen LogP contribution is -2.39. The number of aliphatic carboxylic acids is 1. The van der Waals surface area contributed by atoms with Gasteiger partial charge in [-0.05, 0) is 12.3 Å². The second-order valence-corrected chi connectivity index (χ2v) is 4.68. The minimum absolute atomic E-state index is 0.00532. The van der Waals surface area contributed by atoms with Crippen LogP contribution in [-0.2, 0) is 4.79 Å². The number of rotatable bonds is 3. The molecule has 0 radical (unpaired) electrons. The molecule has 8 nitrogen and oxygen atoms in total. The van der Waals surface area contributed by atoms with Gasteiger partial charge in [0.05, 0.1) is 10.5 Å². The van der Waals surface area contributed by atoms with E-state index in [2.05, 4.69) is 4.98 Å². The zero-order valence-corrected chi connectivity index (χ0v) is 10.7. The summed E-state index contributed by atoms with van der Waals surface area (Å²) in [7, 11) is 0. The summed E-state index contributed by atoms with van der Waals surface area (Å²) in [4.78, 5) is 27.1. The molecule has 1 saturated heterocycles. The molecule has 0 saturated carbocycles. The number of nitriles is 1. The topological polar surface area (TPSA) is 120 Å². The number of nitrogens with zero attached hydrogens (tertiary/aromatic N) is 4. The van der Waals surface area contributed by atoms with E-state index in [-0.39, 0.29) is 23.0 Å². The Morgan fingerprint density at radius 1 is 1.70 bits per heavy atom. The molecule has 0 aromatic carbocycles. The van der Waals surface area contributed by atoms with E-state index in [0.717, 1.165) is 6.07 Å². The van der Waals surface area contributed by atoms with Crippen LogP contribution in [0.3, 0.4) is 0 Å². The quantitative estimate of drug-likeness (QED) is 0.649. The van der Waals surface area contributed by atoms with Crippen molar-refractivity contribution in [3.8, 4) is 6.07 Å². The van der Waals surface area contributed by atoms with Gasteiger partial charge in [-0.25, -0.2) is 9.78 Å². The summed E-state index contributed by atoms with van der Waals surface area (Å²) in [5.41, 5.74) is -0.274. The summed E-state index contributed by atoms with van der Waals surface area (Å²) < 4.78 is 0. The van der Waals surface area contributed by atoms with Crippen LogP contribution in [0.15, 0.2) is 12.3 Å². The minimum Gasteiger partial charge on any atom is -0.480 e. The Labute approximate surface area is 114 Å². The number of carbonyl (C=O) groups is 1. The standard InChI is InChI=1S/C12H12N4O4/c1-7-2-3-15(10(7)12(17)18)11-9(16(19)20)4-8(5-13)6-14-11/h4,6-7,10H,2-3H2,1H3,(H,17,18). The molecule has 2 atom stereocenters. The SMILES string of the molecule is CC1CCN(c2ncc(C#N)cc2[N+](=O)[O-])C1C(=O)O. The smallest absolute Gasteiger partial charge is 0.326 e. The number of carboxylic acid groups (broad SMARTS) is 1. The van der Waals surface area contributed by atoms with Crippen LogP contribution in [0.4, 0.5) is 11.5 Å². The first-order valence-corrected chi connectivity index (χ1v) is 5.99. The van der Waals surface area contributed by atoms with Gasteiger partial charge in [-0.1, -0.05) is 6.92 Å². The van der Waals surface area contributed by atoms with E-state index in [4.69, 9.17) is 5.26 Å². The van der Waals surface area contributed by atoms with Crippen molar-refractivity contribution in [2.24, 2.45) is 5.92 Å². The number of pyridine rings is 1. The highest BCUT2D eigenvalue weighted by Gasteiger charge is 2.40. The molecule has 0 amide bonds. The Balaban J connectivity index is 2.50. The molecule has 104 valence electrons. The first-order chi connectivity index (χ1) is 9.45. The molecule has 2 heterocycles. The minimum atomic E-state index is -1.03. The number of anilines is 1. The summed E-state index contributed by atoms with van der Waals surface area (Å²) >= 11 is 0. The summed E-state index contributed by atoms with van der Waals surface area (Å²) in [5, 5.41) is 29.1. The molecule has 1 N–H and O–H groups in total. The molecular weight excluding hydrogens is 264 g/mol. The van der Waals surface area contributed by atoms with E-state index >= 15 is 0 Å². The van der Waals surface area contributed by atoms with Crippen LogP contribution in [0.5, 0.6) is 0 Å². The fourth-order valence-corrected chi connectivity index (χ4v) is 2.42. The zero-order chi connectivity index (χ0) is 14.9. The fraction of sp³-hybridized carbons (Fsp3) is 0.417. The Kier molecular flexibility index (Phi) is 3.52. The fourth-order valence-electron chi connectivity index (χ4n) is 2.42. The molecule has 1 aromatic rings. The van der Waals surface area contributed by atoms with Crippen molar-refractivity contribution in [3.63, 3.8) is 0 Å². The van der Waals surface area contributed by atoms with E-state index in [0.29, 0.717) is 13.0 Å². The third-order valence-electron chi connectivity index (χ3n) is 3.40. The average Bonchev–Trinajstić information content (AvgIpc) is 2.79. The van der Waals surface area contributed by atoms with Crippen molar-refractivity contribution in [1.82, 2.24) is 4.98 Å². The van der Waals surface area contributed by atoms with Gasteiger partial charge in [0.2, 0.25) is 5.82 Å². The summed E-state index contributed by atoms with van der Waals surface area (Å²) in [6.07, 6.45) is 1.83. The lowest BCUT2D eigenvalue weighted by Gasteiger charge is -2.23. The maximum atomic E-state index is 11.3. The average molecular weight is 276 g/mol. The maximum Gasteiger partial charge on any atom is 0.326 e. The zero-order valence-electron chi connectivity index (χ0n) is 10.7. The third kappa shape index (κ3) is 2.25. The van der Waals surface area contributed by atoms with E-state index in [1.54, 1.807) is 13.0 Å². The highest BCUT2D eigenvalue weighted by Crippen LogP contribution is 2.34. The molecule has 0 bridgehead atoms. The molecule has 2 rings (SSSR count). The van der Waals surface area contributed by atoms with E-state index in [1.807, 2.05) is 0 Å². The third-order valence-corrected chi connectivity index (χ3v) is 3.40. The summed E-state index contributed by atoms with van der Waals surface area (Å²) in [6, 6.07) is 2.06. The molecule has 0 aliphatic carbocycles. The lowest BCUT2D eigenvalue weighted by atomic mass is 10.0. The Hall–Kier alpha value is -2.69. The van der Waals surface area contributed by atoms with Crippen LogP contribution < -0.4 is 4.90 Å². The highest BCUT2D eigenvalue weighted by molar-refractivity contribution is 5.80. The van der Waals surface area contributed by atoms with Gasteiger partial charge in [0.1, 0.15) is 12.1 Å². The lowest BCUT2D eigenvalue weighted by molar-refractivity contribution is -0.384. The van der Waals surface area contributed by atoms with Crippen LogP contribution >= 0.6 is 0 Å². The van der Waals surface area contributed by atoms with E-state index in [1.165, 1.54) is 11.1 Å².